The van der Waals surface area contributed by atoms with Gasteiger partial charge in [0.05, 0.1) is 26.2 Å². The molecule has 2 aromatic rings. The largest absolute Gasteiger partial charge is 0.481 e. The number of hydrogen-bond acceptors (Lipinski definition) is 6. The summed E-state index contributed by atoms with van der Waals surface area (Å²) in [6.45, 7) is 0.771. The molecule has 0 saturated carbocycles. The Labute approximate surface area is 165 Å². The maximum Gasteiger partial charge on any atom is 0.306 e. The number of carboxylic acid groups (broad SMARTS) is 1. The van der Waals surface area contributed by atoms with E-state index in [1.807, 2.05) is 60.7 Å². The van der Waals surface area contributed by atoms with E-state index in [0.717, 1.165) is 11.1 Å². The van der Waals surface area contributed by atoms with Crippen molar-refractivity contribution in [3.05, 3.63) is 71.8 Å². The fraction of sp³-hybridized carbons (Fsp3) is 0.381. The smallest absolute Gasteiger partial charge is 0.306 e. The summed E-state index contributed by atoms with van der Waals surface area (Å²) in [5.41, 5.74) is 7.90. The highest BCUT2D eigenvalue weighted by atomic mass is 16.7. The second kappa shape index (κ2) is 12.2. The molecule has 0 saturated heterocycles. The Morgan fingerprint density at radius 2 is 1.57 bits per heavy atom. The van der Waals surface area contributed by atoms with Crippen LogP contribution in [0.25, 0.3) is 0 Å². The van der Waals surface area contributed by atoms with Gasteiger partial charge in [-0.1, -0.05) is 60.7 Å². The fourth-order valence-electron chi connectivity index (χ4n) is 2.56. The van der Waals surface area contributed by atoms with Crippen LogP contribution in [0.5, 0.6) is 0 Å². The number of carbonyl (C=O) groups is 1. The first-order valence-corrected chi connectivity index (χ1v) is 9.01. The average Bonchev–Trinajstić information content (AvgIpc) is 2.71. The molecule has 0 amide bonds. The van der Waals surface area contributed by atoms with Crippen molar-refractivity contribution in [1.82, 2.24) is 0 Å². The first-order valence-electron chi connectivity index (χ1n) is 9.01. The molecular formula is C21H27NO6. The van der Waals surface area contributed by atoms with E-state index < -0.39 is 24.6 Å². The highest BCUT2D eigenvalue weighted by Gasteiger charge is 2.27. The zero-order valence-electron chi connectivity index (χ0n) is 15.9. The Kier molecular flexibility index (Phi) is 9.61. The minimum Gasteiger partial charge on any atom is -0.481 e. The van der Waals surface area contributed by atoms with Crippen molar-refractivity contribution in [2.45, 2.75) is 38.3 Å². The van der Waals surface area contributed by atoms with Gasteiger partial charge >= 0.3 is 5.97 Å². The van der Waals surface area contributed by atoms with E-state index in [-0.39, 0.29) is 19.6 Å². The van der Waals surface area contributed by atoms with Crippen molar-refractivity contribution >= 4 is 5.97 Å². The van der Waals surface area contributed by atoms with Gasteiger partial charge in [-0.25, -0.2) is 0 Å². The minimum absolute atomic E-state index is 0.132. The number of nitrogens with two attached hydrogens (primary N) is 1. The highest BCUT2D eigenvalue weighted by molar-refractivity contribution is 5.67. The molecule has 3 N–H and O–H groups in total. The van der Waals surface area contributed by atoms with E-state index in [0.29, 0.717) is 6.61 Å². The maximum atomic E-state index is 11.2. The lowest BCUT2D eigenvalue weighted by atomic mass is 10.2. The lowest BCUT2D eigenvalue weighted by Crippen LogP contribution is -2.42. The van der Waals surface area contributed by atoms with Gasteiger partial charge in [-0.05, 0) is 11.1 Å². The summed E-state index contributed by atoms with van der Waals surface area (Å²) in [5.74, 6) is -1.02. The molecule has 2 rings (SSSR count). The van der Waals surface area contributed by atoms with Gasteiger partial charge in [0.15, 0.2) is 6.29 Å². The summed E-state index contributed by atoms with van der Waals surface area (Å²) < 4.78 is 22.2. The van der Waals surface area contributed by atoms with Gasteiger partial charge in [0.2, 0.25) is 0 Å². The first-order chi connectivity index (χ1) is 13.6. The predicted octanol–water partition coefficient (Wildman–Crippen LogP) is 2.54. The van der Waals surface area contributed by atoms with E-state index in [9.17, 15) is 9.90 Å². The molecule has 28 heavy (non-hydrogen) atoms. The molecule has 7 heteroatoms. The second-order valence-electron chi connectivity index (χ2n) is 6.21. The normalized spacial score (nSPS) is 14.4. The zero-order chi connectivity index (χ0) is 20.2. The average molecular weight is 389 g/mol. The summed E-state index contributed by atoms with van der Waals surface area (Å²) in [4.78, 5) is 11.2. The molecule has 3 atom stereocenters. The molecule has 2 aromatic carbocycles. The van der Waals surface area contributed by atoms with Crippen LogP contribution in [0.1, 0.15) is 17.5 Å². The van der Waals surface area contributed by atoms with Crippen LogP contribution in [0.4, 0.5) is 0 Å². The minimum atomic E-state index is -1.02. The lowest BCUT2D eigenvalue weighted by Gasteiger charge is -2.27. The molecule has 0 aliphatic heterocycles. The molecule has 0 fully saturated rings. The van der Waals surface area contributed by atoms with Gasteiger partial charge < -0.3 is 29.8 Å². The van der Waals surface area contributed by atoms with Crippen LogP contribution in [-0.4, -0.2) is 43.4 Å². The molecule has 0 spiro atoms. The van der Waals surface area contributed by atoms with Gasteiger partial charge in [0.25, 0.3) is 0 Å². The third kappa shape index (κ3) is 8.16. The molecule has 0 aliphatic rings. The Bertz CT molecular complexity index is 682. The summed E-state index contributed by atoms with van der Waals surface area (Å²) in [6, 6.07) is 19.1. The standard InChI is InChI=1S/C21H27NO6/c1-25-21(28-19(22)15-26-13-16-8-4-2-5-9-16)18(12-20(23)24)27-14-17-10-6-3-7-11-17/h2-11,18-19,21H,12-15,22H2,1H3,(H,23,24)/t18-,19?,21?/m0/s1. The molecule has 0 radical (unpaired) electrons. The topological polar surface area (TPSA) is 100 Å². The summed E-state index contributed by atoms with van der Waals surface area (Å²) in [6.07, 6.45) is -2.81. The Morgan fingerprint density at radius 3 is 2.11 bits per heavy atom. The molecule has 0 aromatic heterocycles. The van der Waals surface area contributed by atoms with Crippen molar-refractivity contribution in [2.24, 2.45) is 5.73 Å². The Balaban J connectivity index is 1.85. The third-order valence-electron chi connectivity index (χ3n) is 3.92. The molecule has 0 aliphatic carbocycles. The maximum absolute atomic E-state index is 11.2. The van der Waals surface area contributed by atoms with Crippen molar-refractivity contribution in [3.8, 4) is 0 Å². The van der Waals surface area contributed by atoms with Gasteiger partial charge in [0, 0.05) is 7.11 Å². The number of methoxy groups -OCH3 is 1. The highest BCUT2D eigenvalue weighted by Crippen LogP contribution is 2.14. The monoisotopic (exact) mass is 389 g/mol. The molecular weight excluding hydrogens is 362 g/mol. The Hall–Kier alpha value is -2.29. The number of ether oxygens (including phenoxy) is 4. The third-order valence-corrected chi connectivity index (χ3v) is 3.92. The van der Waals surface area contributed by atoms with Crippen molar-refractivity contribution in [3.63, 3.8) is 0 Å². The fourth-order valence-corrected chi connectivity index (χ4v) is 2.56. The van der Waals surface area contributed by atoms with Crippen LogP contribution < -0.4 is 5.73 Å². The van der Waals surface area contributed by atoms with Crippen molar-refractivity contribution in [1.29, 1.82) is 0 Å². The van der Waals surface area contributed by atoms with E-state index >= 15 is 0 Å². The van der Waals surface area contributed by atoms with E-state index in [1.165, 1.54) is 7.11 Å². The predicted molar refractivity (Wildman–Crippen MR) is 103 cm³/mol. The van der Waals surface area contributed by atoms with E-state index in [4.69, 9.17) is 24.7 Å². The number of benzene rings is 2. The van der Waals surface area contributed by atoms with Crippen LogP contribution >= 0.6 is 0 Å². The number of rotatable bonds is 13. The van der Waals surface area contributed by atoms with Crippen LogP contribution in [0.15, 0.2) is 60.7 Å². The van der Waals surface area contributed by atoms with E-state index in [1.54, 1.807) is 0 Å². The molecule has 2 unspecified atom stereocenters. The van der Waals surface area contributed by atoms with Crippen molar-refractivity contribution < 1.29 is 28.8 Å². The molecule has 152 valence electrons. The second-order valence-corrected chi connectivity index (χ2v) is 6.21. The number of carboxylic acids is 1. The summed E-state index contributed by atoms with van der Waals surface area (Å²) in [5, 5.41) is 9.18. The Morgan fingerprint density at radius 1 is 1.00 bits per heavy atom. The van der Waals surface area contributed by atoms with Gasteiger partial charge in [-0.2, -0.15) is 0 Å². The molecule has 0 bridgehead atoms. The lowest BCUT2D eigenvalue weighted by molar-refractivity contribution is -0.227. The van der Waals surface area contributed by atoms with Gasteiger partial charge in [-0.15, -0.1) is 0 Å². The SMILES string of the molecule is COC(OC(N)COCc1ccccc1)[C@H](CC(=O)O)OCc1ccccc1. The van der Waals surface area contributed by atoms with Crippen LogP contribution in [-0.2, 0) is 37.0 Å². The van der Waals surface area contributed by atoms with E-state index in [2.05, 4.69) is 0 Å². The van der Waals surface area contributed by atoms with Crippen LogP contribution in [0.2, 0.25) is 0 Å². The quantitative estimate of drug-likeness (QED) is 0.508. The zero-order valence-corrected chi connectivity index (χ0v) is 15.9. The van der Waals surface area contributed by atoms with Crippen LogP contribution in [0, 0.1) is 0 Å². The molecule has 0 heterocycles. The van der Waals surface area contributed by atoms with Crippen LogP contribution in [0.3, 0.4) is 0 Å². The first kappa shape index (κ1) is 22.0. The van der Waals surface area contributed by atoms with Gasteiger partial charge in [-0.3, -0.25) is 4.79 Å². The number of aliphatic carboxylic acids is 1. The molecule has 7 nitrogen and oxygen atoms in total. The number of hydrogen-bond donors (Lipinski definition) is 2. The van der Waals surface area contributed by atoms with Crippen molar-refractivity contribution in [2.75, 3.05) is 13.7 Å². The summed E-state index contributed by atoms with van der Waals surface area (Å²) >= 11 is 0. The van der Waals surface area contributed by atoms with Gasteiger partial charge in [0.1, 0.15) is 12.3 Å². The summed E-state index contributed by atoms with van der Waals surface area (Å²) in [7, 11) is 1.42.